The molecule has 7 heteroatoms. The summed E-state index contributed by atoms with van der Waals surface area (Å²) >= 11 is 0. The first-order chi connectivity index (χ1) is 6.33. The van der Waals surface area contributed by atoms with E-state index in [4.69, 9.17) is 0 Å². The van der Waals surface area contributed by atoms with E-state index in [1.165, 1.54) is 0 Å². The Balaban J connectivity index is 2.31. The maximum absolute atomic E-state index is 3.88. The third-order valence-electron chi connectivity index (χ3n) is 1.46. The SMILES string of the molecule is CCCCN(C)N=Nc1nn[nH]n1. The van der Waals surface area contributed by atoms with Crippen molar-refractivity contribution in [1.82, 2.24) is 25.6 Å². The van der Waals surface area contributed by atoms with Gasteiger partial charge in [-0.25, -0.2) is 0 Å². The first-order valence-electron chi connectivity index (χ1n) is 4.19. The van der Waals surface area contributed by atoms with E-state index in [0.29, 0.717) is 0 Å². The zero-order chi connectivity index (χ0) is 9.52. The first kappa shape index (κ1) is 9.56. The van der Waals surface area contributed by atoms with E-state index in [2.05, 4.69) is 37.9 Å². The summed E-state index contributed by atoms with van der Waals surface area (Å²) in [7, 11) is 1.86. The first-order valence-corrected chi connectivity index (χ1v) is 4.19. The van der Waals surface area contributed by atoms with Gasteiger partial charge in [-0.2, -0.15) is 5.21 Å². The summed E-state index contributed by atoms with van der Waals surface area (Å²) in [5, 5.41) is 22.3. The van der Waals surface area contributed by atoms with Crippen molar-refractivity contribution in [2.24, 2.45) is 10.3 Å². The van der Waals surface area contributed by atoms with Gasteiger partial charge in [-0.3, -0.25) is 5.01 Å². The summed E-state index contributed by atoms with van der Waals surface area (Å²) in [5.41, 5.74) is 0. The molecule has 1 aromatic heterocycles. The summed E-state index contributed by atoms with van der Waals surface area (Å²) in [5.74, 6) is 0.253. The van der Waals surface area contributed by atoms with E-state index in [1.54, 1.807) is 5.01 Å². The largest absolute Gasteiger partial charge is 0.309 e. The highest BCUT2D eigenvalue weighted by Gasteiger charge is 1.94. The van der Waals surface area contributed by atoms with Crippen LogP contribution in [0.1, 0.15) is 19.8 Å². The fourth-order valence-electron chi connectivity index (χ4n) is 0.747. The highest BCUT2D eigenvalue weighted by Crippen LogP contribution is 2.00. The summed E-state index contributed by atoms with van der Waals surface area (Å²) in [6, 6.07) is 0. The van der Waals surface area contributed by atoms with Crippen molar-refractivity contribution in [1.29, 1.82) is 0 Å². The van der Waals surface area contributed by atoms with Crippen LogP contribution in [0.2, 0.25) is 0 Å². The van der Waals surface area contributed by atoms with Crippen molar-refractivity contribution in [2.45, 2.75) is 19.8 Å². The van der Waals surface area contributed by atoms with Crippen LogP contribution in [-0.4, -0.2) is 39.2 Å². The molecule has 72 valence electrons. The molecule has 0 saturated carbocycles. The van der Waals surface area contributed by atoms with Crippen molar-refractivity contribution in [2.75, 3.05) is 13.6 Å². The van der Waals surface area contributed by atoms with Gasteiger partial charge in [0.25, 0.3) is 0 Å². The van der Waals surface area contributed by atoms with Crippen LogP contribution in [0, 0.1) is 0 Å². The van der Waals surface area contributed by atoms with Crippen molar-refractivity contribution in [3.63, 3.8) is 0 Å². The lowest BCUT2D eigenvalue weighted by molar-refractivity contribution is 0.325. The molecule has 0 atom stereocenters. The molecule has 1 heterocycles. The molecule has 0 spiro atoms. The lowest BCUT2D eigenvalue weighted by Crippen LogP contribution is -2.11. The number of nitrogens with one attached hydrogen (secondary N) is 1. The number of tetrazole rings is 1. The van der Waals surface area contributed by atoms with Gasteiger partial charge in [-0.1, -0.05) is 28.8 Å². The number of hydrogen-bond acceptors (Lipinski definition) is 5. The molecule has 13 heavy (non-hydrogen) atoms. The molecule has 1 N–H and O–H groups in total. The van der Waals surface area contributed by atoms with Crippen LogP contribution < -0.4 is 0 Å². The van der Waals surface area contributed by atoms with Gasteiger partial charge < -0.3 is 0 Å². The highest BCUT2D eigenvalue weighted by molar-refractivity contribution is 5.03. The molecule has 0 amide bonds. The summed E-state index contributed by atoms with van der Waals surface area (Å²) in [6.07, 6.45) is 2.24. The van der Waals surface area contributed by atoms with Gasteiger partial charge in [0.05, 0.1) is 0 Å². The van der Waals surface area contributed by atoms with Crippen LogP contribution in [0.4, 0.5) is 5.95 Å². The molecule has 1 aromatic rings. The smallest absolute Gasteiger partial charge is 0.281 e. The maximum Gasteiger partial charge on any atom is 0.309 e. The van der Waals surface area contributed by atoms with Crippen molar-refractivity contribution in [3.8, 4) is 0 Å². The van der Waals surface area contributed by atoms with Crippen molar-refractivity contribution in [3.05, 3.63) is 0 Å². The van der Waals surface area contributed by atoms with Crippen molar-refractivity contribution < 1.29 is 0 Å². The molecule has 0 radical (unpaired) electrons. The molecule has 0 aliphatic carbocycles. The Morgan fingerprint density at radius 1 is 1.54 bits per heavy atom. The second kappa shape index (κ2) is 5.18. The zero-order valence-corrected chi connectivity index (χ0v) is 7.80. The second-order valence-corrected chi connectivity index (χ2v) is 2.64. The molecule has 1 rings (SSSR count). The number of nitrogens with zero attached hydrogens (tertiary/aromatic N) is 6. The molecule has 0 aliphatic heterocycles. The quantitative estimate of drug-likeness (QED) is 0.543. The Hall–Kier alpha value is -1.53. The van der Waals surface area contributed by atoms with Gasteiger partial charge >= 0.3 is 5.95 Å². The van der Waals surface area contributed by atoms with E-state index in [1.807, 2.05) is 7.05 Å². The van der Waals surface area contributed by atoms with Gasteiger partial charge in [0.2, 0.25) is 0 Å². The number of H-pyrrole nitrogens is 1. The molecule has 0 aliphatic rings. The summed E-state index contributed by atoms with van der Waals surface area (Å²) in [6.45, 7) is 3.02. The highest BCUT2D eigenvalue weighted by atomic mass is 15.6. The van der Waals surface area contributed by atoms with Gasteiger partial charge in [0, 0.05) is 13.6 Å². The van der Waals surface area contributed by atoms with Crippen LogP contribution in [0.5, 0.6) is 0 Å². The maximum atomic E-state index is 3.88. The van der Waals surface area contributed by atoms with Crippen LogP contribution in [0.25, 0.3) is 0 Å². The fraction of sp³-hybridized carbons (Fsp3) is 0.833. The minimum atomic E-state index is 0.253. The lowest BCUT2D eigenvalue weighted by Gasteiger charge is -2.08. The monoisotopic (exact) mass is 183 g/mol. The topological polar surface area (TPSA) is 82.4 Å². The number of aromatic amines is 1. The third kappa shape index (κ3) is 3.59. The average molecular weight is 183 g/mol. The molecule has 0 fully saturated rings. The zero-order valence-electron chi connectivity index (χ0n) is 7.80. The molecular formula is C6H13N7. The van der Waals surface area contributed by atoms with Gasteiger partial charge in [-0.05, 0) is 11.6 Å². The van der Waals surface area contributed by atoms with Gasteiger partial charge in [0.1, 0.15) is 0 Å². The van der Waals surface area contributed by atoms with Crippen LogP contribution in [0.15, 0.2) is 10.3 Å². The lowest BCUT2D eigenvalue weighted by atomic mass is 10.3. The fourth-order valence-corrected chi connectivity index (χ4v) is 0.747. The Kier molecular flexibility index (Phi) is 3.80. The van der Waals surface area contributed by atoms with Crippen LogP contribution >= 0.6 is 0 Å². The number of hydrogen-bond donors (Lipinski definition) is 1. The molecular weight excluding hydrogens is 170 g/mol. The van der Waals surface area contributed by atoms with E-state index < -0.39 is 0 Å². The van der Waals surface area contributed by atoms with Crippen molar-refractivity contribution >= 4 is 5.95 Å². The van der Waals surface area contributed by atoms with Gasteiger partial charge in [-0.15, -0.1) is 5.10 Å². The standard InChI is InChI=1S/C6H13N7/c1-3-4-5-13(2)12-9-6-7-10-11-8-6/h3-5H2,1-2H3,(H,7,8,10,11). The molecule has 0 unspecified atom stereocenters. The Morgan fingerprint density at radius 3 is 3.00 bits per heavy atom. The summed E-state index contributed by atoms with van der Waals surface area (Å²) in [4.78, 5) is 0. The molecule has 7 nitrogen and oxygen atoms in total. The second-order valence-electron chi connectivity index (χ2n) is 2.64. The Labute approximate surface area is 76.2 Å². The Bertz CT molecular complexity index is 241. The minimum absolute atomic E-state index is 0.253. The van der Waals surface area contributed by atoms with E-state index >= 15 is 0 Å². The molecule has 0 aromatic carbocycles. The number of rotatable bonds is 5. The third-order valence-corrected chi connectivity index (χ3v) is 1.46. The van der Waals surface area contributed by atoms with E-state index in [9.17, 15) is 0 Å². The average Bonchev–Trinajstić information content (AvgIpc) is 2.64. The predicted molar refractivity (Wildman–Crippen MR) is 46.2 cm³/mol. The van der Waals surface area contributed by atoms with Gasteiger partial charge in [0.15, 0.2) is 0 Å². The summed E-state index contributed by atoms with van der Waals surface area (Å²) < 4.78 is 0. The van der Waals surface area contributed by atoms with E-state index in [-0.39, 0.29) is 5.95 Å². The van der Waals surface area contributed by atoms with E-state index in [0.717, 1.165) is 19.4 Å². The number of aromatic nitrogens is 4. The van der Waals surface area contributed by atoms with Crippen LogP contribution in [0.3, 0.4) is 0 Å². The number of unbranched alkanes of at least 4 members (excludes halogenated alkanes) is 1. The predicted octanol–water partition coefficient (Wildman–Crippen LogP) is 0.930. The molecule has 0 saturated heterocycles. The van der Waals surface area contributed by atoms with Crippen LogP contribution in [-0.2, 0) is 0 Å². The normalized spacial score (nSPS) is 10.9. The minimum Gasteiger partial charge on any atom is -0.281 e. The molecule has 0 bridgehead atoms. The Morgan fingerprint density at radius 2 is 2.38 bits per heavy atom.